The average Bonchev–Trinajstić information content (AvgIpc) is 3.23. The number of nitrogens with one attached hydrogen (secondary N) is 1. The van der Waals surface area contributed by atoms with Gasteiger partial charge in [0.05, 0.1) is 13.2 Å². The average molecular weight is 342 g/mol. The highest BCUT2D eigenvalue weighted by molar-refractivity contribution is 5.42. The van der Waals surface area contributed by atoms with Crippen LogP contribution in [0.4, 0.5) is 0 Å². The lowest BCUT2D eigenvalue weighted by Crippen LogP contribution is -2.26. The number of aromatic nitrogens is 3. The fourth-order valence-corrected chi connectivity index (χ4v) is 4.04. The van der Waals surface area contributed by atoms with E-state index in [0.717, 1.165) is 68.3 Å². The number of rotatable bonds is 4. The van der Waals surface area contributed by atoms with Gasteiger partial charge in [-0.25, -0.2) is 9.50 Å². The van der Waals surface area contributed by atoms with E-state index in [4.69, 9.17) is 4.74 Å². The van der Waals surface area contributed by atoms with Crippen LogP contribution in [0.3, 0.4) is 0 Å². The van der Waals surface area contributed by atoms with Crippen LogP contribution in [0.1, 0.15) is 42.6 Å². The van der Waals surface area contributed by atoms with Gasteiger partial charge in [-0.2, -0.15) is 0 Å². The van der Waals surface area contributed by atoms with Crippen molar-refractivity contribution in [1.82, 2.24) is 19.5 Å². The van der Waals surface area contributed by atoms with Gasteiger partial charge >= 0.3 is 0 Å². The highest BCUT2D eigenvalue weighted by atomic mass is 16.5. The molecule has 25 heavy (non-hydrogen) atoms. The summed E-state index contributed by atoms with van der Waals surface area (Å²) >= 11 is 0. The molecule has 1 unspecified atom stereocenters. The van der Waals surface area contributed by atoms with E-state index >= 15 is 0 Å². The van der Waals surface area contributed by atoms with Crippen molar-refractivity contribution in [3.63, 3.8) is 0 Å². The highest BCUT2D eigenvalue weighted by Crippen LogP contribution is 2.27. The predicted octanol–water partition coefficient (Wildman–Crippen LogP) is 2.03. The molecule has 1 saturated heterocycles. The van der Waals surface area contributed by atoms with Gasteiger partial charge < -0.3 is 4.74 Å². The molecular weight excluding hydrogens is 316 g/mol. The van der Waals surface area contributed by atoms with Crippen molar-refractivity contribution in [3.8, 4) is 0 Å². The first-order valence-corrected chi connectivity index (χ1v) is 9.25. The van der Waals surface area contributed by atoms with Crippen molar-refractivity contribution in [2.24, 2.45) is 0 Å². The Morgan fingerprint density at radius 3 is 3.08 bits per heavy atom. The Balaban J connectivity index is 1.53. The first-order valence-electron chi connectivity index (χ1n) is 9.25. The predicted molar refractivity (Wildman–Crippen MR) is 97.2 cm³/mol. The van der Waals surface area contributed by atoms with Crippen LogP contribution >= 0.6 is 0 Å². The molecule has 0 aliphatic carbocycles. The standard InChI is InChI=1S/C19H26N4O2/c1-3-16-13(2)20-18-9-17(21-23(18)19(16)24)15-6-7-22(11-15)10-14-5-4-8-25-12-14/h5,9,15,21H,3-4,6-8,10-12H2,1-2H3. The molecule has 0 amide bonds. The fraction of sp³-hybridized carbons (Fsp3) is 0.579. The quantitative estimate of drug-likeness (QED) is 0.864. The lowest BCUT2D eigenvalue weighted by atomic mass is 10.1. The van der Waals surface area contributed by atoms with Crippen molar-refractivity contribution in [3.05, 3.63) is 45.0 Å². The van der Waals surface area contributed by atoms with Gasteiger partial charge in [0.15, 0.2) is 5.65 Å². The van der Waals surface area contributed by atoms with Crippen molar-refractivity contribution >= 4 is 5.65 Å². The van der Waals surface area contributed by atoms with E-state index in [1.807, 2.05) is 19.9 Å². The van der Waals surface area contributed by atoms with Crippen LogP contribution in [0.5, 0.6) is 0 Å². The van der Waals surface area contributed by atoms with E-state index in [9.17, 15) is 4.79 Å². The molecule has 2 aliphatic heterocycles. The molecule has 6 heteroatoms. The normalized spacial score (nSPS) is 21.8. The second kappa shape index (κ2) is 6.77. The highest BCUT2D eigenvalue weighted by Gasteiger charge is 2.26. The molecule has 1 N–H and O–H groups in total. The summed E-state index contributed by atoms with van der Waals surface area (Å²) in [4.78, 5) is 19.7. The zero-order valence-electron chi connectivity index (χ0n) is 15.0. The molecule has 0 aromatic carbocycles. The Labute approximate surface area is 147 Å². The SMILES string of the molecule is CCc1c(C)nc2cc(C3CCN(CC4=CCCOC4)C3)[nH]n2c1=O. The summed E-state index contributed by atoms with van der Waals surface area (Å²) in [7, 11) is 0. The van der Waals surface area contributed by atoms with Crippen LogP contribution in [0.2, 0.25) is 0 Å². The largest absolute Gasteiger partial charge is 0.377 e. The van der Waals surface area contributed by atoms with Gasteiger partial charge in [0.25, 0.3) is 5.56 Å². The van der Waals surface area contributed by atoms with Gasteiger partial charge in [-0.05, 0) is 38.3 Å². The molecule has 6 nitrogen and oxygen atoms in total. The van der Waals surface area contributed by atoms with Gasteiger partial charge in [0.2, 0.25) is 0 Å². The molecule has 134 valence electrons. The molecule has 0 saturated carbocycles. The molecule has 2 aliphatic rings. The number of aryl methyl sites for hydroxylation is 1. The molecule has 0 spiro atoms. The van der Waals surface area contributed by atoms with Crippen molar-refractivity contribution in [2.45, 2.75) is 39.0 Å². The Morgan fingerprint density at radius 1 is 1.44 bits per heavy atom. The minimum absolute atomic E-state index is 0.0376. The Kier molecular flexibility index (Phi) is 4.48. The van der Waals surface area contributed by atoms with Crippen LogP contribution in [0.15, 0.2) is 22.5 Å². The van der Waals surface area contributed by atoms with E-state index in [-0.39, 0.29) is 5.56 Å². The van der Waals surface area contributed by atoms with Crippen LogP contribution in [0.25, 0.3) is 5.65 Å². The number of ether oxygens (including phenoxy) is 1. The number of H-pyrrole nitrogens is 1. The number of aromatic amines is 1. The molecule has 2 aromatic heterocycles. The second-order valence-electron chi connectivity index (χ2n) is 7.16. The number of likely N-dealkylation sites (tertiary alicyclic amines) is 1. The van der Waals surface area contributed by atoms with E-state index in [2.05, 4.69) is 21.1 Å². The van der Waals surface area contributed by atoms with Gasteiger partial charge in [0.1, 0.15) is 0 Å². The van der Waals surface area contributed by atoms with Crippen molar-refractivity contribution in [1.29, 1.82) is 0 Å². The van der Waals surface area contributed by atoms with Crippen LogP contribution in [-0.2, 0) is 11.2 Å². The van der Waals surface area contributed by atoms with Crippen molar-refractivity contribution in [2.75, 3.05) is 32.8 Å². The maximum absolute atomic E-state index is 12.6. The first-order chi connectivity index (χ1) is 12.2. The topological polar surface area (TPSA) is 62.6 Å². The van der Waals surface area contributed by atoms with E-state index in [1.165, 1.54) is 5.57 Å². The molecule has 1 atom stereocenters. The van der Waals surface area contributed by atoms with Crippen LogP contribution < -0.4 is 5.56 Å². The minimum Gasteiger partial charge on any atom is -0.377 e. The minimum atomic E-state index is 0.0376. The Morgan fingerprint density at radius 2 is 2.32 bits per heavy atom. The second-order valence-corrected chi connectivity index (χ2v) is 7.16. The third-order valence-corrected chi connectivity index (χ3v) is 5.41. The maximum Gasteiger partial charge on any atom is 0.276 e. The lowest BCUT2D eigenvalue weighted by Gasteiger charge is -2.20. The summed E-state index contributed by atoms with van der Waals surface area (Å²) in [6.45, 7) is 8.63. The Bertz CT molecular complexity index is 864. The van der Waals surface area contributed by atoms with Crippen LogP contribution in [-0.4, -0.2) is 52.3 Å². The summed E-state index contributed by atoms with van der Waals surface area (Å²) in [6, 6.07) is 2.05. The molecule has 1 fully saturated rings. The van der Waals surface area contributed by atoms with E-state index < -0.39 is 0 Å². The third-order valence-electron chi connectivity index (χ3n) is 5.41. The molecule has 4 rings (SSSR count). The number of hydrogen-bond donors (Lipinski definition) is 1. The van der Waals surface area contributed by atoms with Gasteiger partial charge in [-0.3, -0.25) is 14.8 Å². The molecular formula is C19H26N4O2. The summed E-state index contributed by atoms with van der Waals surface area (Å²) in [5.74, 6) is 0.427. The molecule has 0 bridgehead atoms. The Hall–Kier alpha value is -1.92. The summed E-state index contributed by atoms with van der Waals surface area (Å²) in [6.07, 6.45) is 5.17. The summed E-state index contributed by atoms with van der Waals surface area (Å²) < 4.78 is 7.15. The summed E-state index contributed by atoms with van der Waals surface area (Å²) in [5, 5.41) is 3.31. The zero-order chi connectivity index (χ0) is 17.4. The maximum atomic E-state index is 12.6. The zero-order valence-corrected chi connectivity index (χ0v) is 15.0. The lowest BCUT2D eigenvalue weighted by molar-refractivity contribution is 0.144. The van der Waals surface area contributed by atoms with E-state index in [1.54, 1.807) is 4.52 Å². The van der Waals surface area contributed by atoms with Crippen LogP contribution in [0, 0.1) is 6.92 Å². The van der Waals surface area contributed by atoms with Gasteiger partial charge in [-0.15, -0.1) is 0 Å². The van der Waals surface area contributed by atoms with E-state index in [0.29, 0.717) is 12.3 Å². The van der Waals surface area contributed by atoms with Crippen molar-refractivity contribution < 1.29 is 4.74 Å². The number of nitrogens with zero attached hydrogens (tertiary/aromatic N) is 3. The number of fused-ring (bicyclic) bond motifs is 1. The number of hydrogen-bond acceptors (Lipinski definition) is 4. The first kappa shape index (κ1) is 16.5. The fourth-order valence-electron chi connectivity index (χ4n) is 4.04. The third kappa shape index (κ3) is 3.16. The summed E-state index contributed by atoms with van der Waals surface area (Å²) in [5.41, 5.74) is 4.92. The molecule has 0 radical (unpaired) electrons. The smallest absolute Gasteiger partial charge is 0.276 e. The monoisotopic (exact) mass is 342 g/mol. The van der Waals surface area contributed by atoms with Gasteiger partial charge in [0, 0.05) is 42.0 Å². The molecule has 4 heterocycles. The van der Waals surface area contributed by atoms with Gasteiger partial charge in [-0.1, -0.05) is 13.0 Å². The molecule has 2 aromatic rings.